The van der Waals surface area contributed by atoms with Gasteiger partial charge in [-0.25, -0.2) is 0 Å². The van der Waals surface area contributed by atoms with Gasteiger partial charge in [0, 0.05) is 18.5 Å². The summed E-state index contributed by atoms with van der Waals surface area (Å²) in [5.41, 5.74) is 1.39. The van der Waals surface area contributed by atoms with Gasteiger partial charge in [0.2, 0.25) is 0 Å². The number of para-hydroxylation sites is 2. The third-order valence-corrected chi connectivity index (χ3v) is 4.29. The molecule has 0 radical (unpaired) electrons. The van der Waals surface area contributed by atoms with Crippen molar-refractivity contribution in [2.75, 3.05) is 18.5 Å². The number of hydrogen-bond donors (Lipinski definition) is 1. The minimum Gasteiger partial charge on any atom is -0.486 e. The SMILES string of the molecule is c1ccc2c(c1)OCC(CNc1nc3ccc(Oc4ccncc4)cc3o1)O2. The Morgan fingerprint density at radius 1 is 1.00 bits per heavy atom. The first-order chi connectivity index (χ1) is 13.8. The normalized spacial score (nSPS) is 15.4. The molecule has 0 bridgehead atoms. The maximum atomic E-state index is 5.93. The van der Waals surface area contributed by atoms with Crippen molar-refractivity contribution in [1.29, 1.82) is 0 Å². The van der Waals surface area contributed by atoms with Crippen molar-refractivity contribution in [1.82, 2.24) is 9.97 Å². The molecule has 1 aliphatic rings. The van der Waals surface area contributed by atoms with E-state index in [1.54, 1.807) is 24.5 Å². The number of fused-ring (bicyclic) bond motifs is 2. The highest BCUT2D eigenvalue weighted by Crippen LogP contribution is 2.31. The Kier molecular flexibility index (Phi) is 4.17. The second-order valence-corrected chi connectivity index (χ2v) is 6.31. The van der Waals surface area contributed by atoms with Gasteiger partial charge in [-0.2, -0.15) is 4.98 Å². The number of anilines is 1. The highest BCUT2D eigenvalue weighted by Gasteiger charge is 2.21. The van der Waals surface area contributed by atoms with E-state index in [1.807, 2.05) is 42.5 Å². The molecule has 1 aliphatic heterocycles. The average molecular weight is 375 g/mol. The number of oxazole rings is 1. The van der Waals surface area contributed by atoms with Crippen molar-refractivity contribution in [3.63, 3.8) is 0 Å². The molecule has 4 aromatic rings. The Labute approximate surface area is 160 Å². The zero-order chi connectivity index (χ0) is 18.8. The Morgan fingerprint density at radius 2 is 1.86 bits per heavy atom. The number of nitrogens with zero attached hydrogens (tertiary/aromatic N) is 2. The fourth-order valence-corrected chi connectivity index (χ4v) is 2.95. The van der Waals surface area contributed by atoms with Crippen LogP contribution in [0.15, 0.2) is 71.4 Å². The summed E-state index contributed by atoms with van der Waals surface area (Å²) in [5.74, 6) is 2.89. The van der Waals surface area contributed by atoms with Crippen LogP contribution in [0.5, 0.6) is 23.0 Å². The van der Waals surface area contributed by atoms with Crippen LogP contribution in [-0.4, -0.2) is 29.2 Å². The Hall–Kier alpha value is -3.74. The molecule has 0 fully saturated rings. The van der Waals surface area contributed by atoms with Gasteiger partial charge < -0.3 is 23.9 Å². The zero-order valence-corrected chi connectivity index (χ0v) is 14.9. The van der Waals surface area contributed by atoms with Crippen LogP contribution in [0.1, 0.15) is 0 Å². The zero-order valence-electron chi connectivity index (χ0n) is 14.9. The molecule has 7 nitrogen and oxygen atoms in total. The minimum absolute atomic E-state index is 0.129. The molecule has 1 atom stereocenters. The van der Waals surface area contributed by atoms with Crippen molar-refractivity contribution in [2.45, 2.75) is 6.10 Å². The topological polar surface area (TPSA) is 78.6 Å². The average Bonchev–Trinajstić information content (AvgIpc) is 3.15. The van der Waals surface area contributed by atoms with Crippen LogP contribution in [-0.2, 0) is 0 Å². The molecule has 2 aromatic heterocycles. The molecule has 0 aliphatic carbocycles. The molecule has 140 valence electrons. The standard InChI is InChI=1S/C21H17N3O4/c1-2-4-19-18(3-1)25-13-16(27-19)12-23-21-24-17-6-5-15(11-20(17)28-21)26-14-7-9-22-10-8-14/h1-11,16H,12-13H2,(H,23,24). The van der Waals surface area contributed by atoms with Crippen LogP contribution in [0, 0.1) is 0 Å². The second kappa shape index (κ2) is 7.11. The number of ether oxygens (including phenoxy) is 3. The van der Waals surface area contributed by atoms with Crippen LogP contribution < -0.4 is 19.5 Å². The molecule has 1 unspecified atom stereocenters. The van der Waals surface area contributed by atoms with Crippen molar-refractivity contribution in [3.05, 3.63) is 67.0 Å². The fourth-order valence-electron chi connectivity index (χ4n) is 2.95. The number of hydrogen-bond acceptors (Lipinski definition) is 7. The summed E-state index contributed by atoms with van der Waals surface area (Å²) < 4.78 is 23.2. The number of benzene rings is 2. The van der Waals surface area contributed by atoms with Gasteiger partial charge in [-0.15, -0.1) is 0 Å². The van der Waals surface area contributed by atoms with Crippen LogP contribution in [0.2, 0.25) is 0 Å². The van der Waals surface area contributed by atoms with Gasteiger partial charge >= 0.3 is 0 Å². The van der Waals surface area contributed by atoms with E-state index in [4.69, 9.17) is 18.6 Å². The van der Waals surface area contributed by atoms with E-state index < -0.39 is 0 Å². The van der Waals surface area contributed by atoms with E-state index in [2.05, 4.69) is 15.3 Å². The maximum Gasteiger partial charge on any atom is 0.295 e. The lowest BCUT2D eigenvalue weighted by Gasteiger charge is -2.26. The predicted octanol–water partition coefficient (Wildman–Crippen LogP) is 4.27. The molecule has 7 heteroatoms. The molecule has 28 heavy (non-hydrogen) atoms. The highest BCUT2D eigenvalue weighted by atomic mass is 16.6. The Bertz CT molecular complexity index is 1100. The first kappa shape index (κ1) is 16.4. The van der Waals surface area contributed by atoms with E-state index in [-0.39, 0.29) is 6.10 Å². The minimum atomic E-state index is -0.129. The third-order valence-electron chi connectivity index (χ3n) is 4.29. The smallest absolute Gasteiger partial charge is 0.295 e. The lowest BCUT2D eigenvalue weighted by atomic mass is 10.2. The number of nitrogens with one attached hydrogen (secondary N) is 1. The van der Waals surface area contributed by atoms with E-state index in [9.17, 15) is 0 Å². The first-order valence-electron chi connectivity index (χ1n) is 8.94. The van der Waals surface area contributed by atoms with Crippen molar-refractivity contribution >= 4 is 17.1 Å². The molecule has 0 saturated carbocycles. The quantitative estimate of drug-likeness (QED) is 0.558. The summed E-state index contributed by atoms with van der Waals surface area (Å²) >= 11 is 0. The second-order valence-electron chi connectivity index (χ2n) is 6.31. The molecule has 0 spiro atoms. The van der Waals surface area contributed by atoms with Crippen LogP contribution >= 0.6 is 0 Å². The predicted molar refractivity (Wildman–Crippen MR) is 103 cm³/mol. The summed E-state index contributed by atoms with van der Waals surface area (Å²) in [6, 6.07) is 17.2. The lowest BCUT2D eigenvalue weighted by molar-refractivity contribution is 0.0994. The Morgan fingerprint density at radius 3 is 2.75 bits per heavy atom. The molecular formula is C21H17N3O4. The van der Waals surface area contributed by atoms with Gasteiger partial charge in [0.05, 0.1) is 6.54 Å². The van der Waals surface area contributed by atoms with Gasteiger partial charge in [0.15, 0.2) is 23.2 Å². The molecular weight excluding hydrogens is 358 g/mol. The molecule has 0 saturated heterocycles. The van der Waals surface area contributed by atoms with Gasteiger partial charge in [0.25, 0.3) is 6.01 Å². The Balaban J connectivity index is 1.25. The van der Waals surface area contributed by atoms with Gasteiger partial charge in [-0.05, 0) is 36.4 Å². The molecule has 3 heterocycles. The third kappa shape index (κ3) is 3.42. The van der Waals surface area contributed by atoms with E-state index in [1.165, 1.54) is 0 Å². The first-order valence-corrected chi connectivity index (χ1v) is 8.94. The number of pyridine rings is 1. The van der Waals surface area contributed by atoms with E-state index in [0.717, 1.165) is 17.0 Å². The lowest BCUT2D eigenvalue weighted by Crippen LogP contribution is -2.35. The summed E-state index contributed by atoms with van der Waals surface area (Å²) in [6.45, 7) is 0.982. The molecule has 0 amide bonds. The van der Waals surface area contributed by atoms with Crippen LogP contribution in [0.4, 0.5) is 6.01 Å². The summed E-state index contributed by atoms with van der Waals surface area (Å²) in [5, 5.41) is 3.17. The molecule has 1 N–H and O–H groups in total. The fraction of sp³-hybridized carbons (Fsp3) is 0.143. The number of aromatic nitrogens is 2. The molecule has 2 aromatic carbocycles. The van der Waals surface area contributed by atoms with Crippen molar-refractivity contribution in [2.24, 2.45) is 0 Å². The van der Waals surface area contributed by atoms with E-state index in [0.29, 0.717) is 36.2 Å². The van der Waals surface area contributed by atoms with Crippen molar-refractivity contribution in [3.8, 4) is 23.0 Å². The molecule has 5 rings (SSSR count). The maximum absolute atomic E-state index is 5.93. The van der Waals surface area contributed by atoms with Crippen molar-refractivity contribution < 1.29 is 18.6 Å². The highest BCUT2D eigenvalue weighted by molar-refractivity contribution is 5.76. The van der Waals surface area contributed by atoms with Crippen LogP contribution in [0.3, 0.4) is 0 Å². The summed E-state index contributed by atoms with van der Waals surface area (Å²) in [6.07, 6.45) is 3.23. The van der Waals surface area contributed by atoms with Crippen LogP contribution in [0.25, 0.3) is 11.1 Å². The van der Waals surface area contributed by atoms with Gasteiger partial charge in [0.1, 0.15) is 23.6 Å². The monoisotopic (exact) mass is 375 g/mol. The summed E-state index contributed by atoms with van der Waals surface area (Å²) in [7, 11) is 0. The number of rotatable bonds is 5. The van der Waals surface area contributed by atoms with Gasteiger partial charge in [-0.1, -0.05) is 12.1 Å². The van der Waals surface area contributed by atoms with Gasteiger partial charge in [-0.3, -0.25) is 4.98 Å². The summed E-state index contributed by atoms with van der Waals surface area (Å²) in [4.78, 5) is 8.43. The largest absolute Gasteiger partial charge is 0.486 e. The van der Waals surface area contributed by atoms with E-state index >= 15 is 0 Å².